The Hall–Kier alpha value is -0.530. The van der Waals surface area contributed by atoms with Crippen molar-refractivity contribution < 1.29 is 0 Å². The SMILES string of the molecule is CCCCCCCCCCCCCCCCC(Cc1ccccc1)C(C)(C)NCl. The minimum Gasteiger partial charge on any atom is -0.228 e. The van der Waals surface area contributed by atoms with Crippen LogP contribution in [0.2, 0.25) is 0 Å². The zero-order valence-corrected chi connectivity index (χ0v) is 20.4. The highest BCUT2D eigenvalue weighted by atomic mass is 35.5. The van der Waals surface area contributed by atoms with Crippen LogP contribution in [0.3, 0.4) is 0 Å². The number of benzene rings is 1. The lowest BCUT2D eigenvalue weighted by Gasteiger charge is -2.33. The first kappa shape index (κ1) is 26.5. The van der Waals surface area contributed by atoms with Gasteiger partial charge in [-0.05, 0) is 49.9 Å². The van der Waals surface area contributed by atoms with Crippen molar-refractivity contribution in [1.29, 1.82) is 0 Å². The van der Waals surface area contributed by atoms with Gasteiger partial charge < -0.3 is 0 Å². The maximum atomic E-state index is 6.07. The van der Waals surface area contributed by atoms with Gasteiger partial charge in [0.25, 0.3) is 0 Å². The molecule has 1 rings (SSSR count). The van der Waals surface area contributed by atoms with Crippen LogP contribution in [-0.4, -0.2) is 5.54 Å². The molecule has 0 aliphatic rings. The average molecular weight is 422 g/mol. The first-order valence-electron chi connectivity index (χ1n) is 12.5. The molecule has 29 heavy (non-hydrogen) atoms. The van der Waals surface area contributed by atoms with Crippen LogP contribution in [0, 0.1) is 5.92 Å². The van der Waals surface area contributed by atoms with Crippen LogP contribution in [0.15, 0.2) is 30.3 Å². The highest BCUT2D eigenvalue weighted by Crippen LogP contribution is 2.28. The van der Waals surface area contributed by atoms with Crippen LogP contribution in [0.5, 0.6) is 0 Å². The second-order valence-electron chi connectivity index (χ2n) is 9.59. The first-order valence-corrected chi connectivity index (χ1v) is 12.9. The third kappa shape index (κ3) is 13.4. The second-order valence-corrected chi connectivity index (χ2v) is 9.78. The number of nitrogens with one attached hydrogen (secondary N) is 1. The largest absolute Gasteiger partial charge is 0.228 e. The van der Waals surface area contributed by atoms with Crippen LogP contribution in [0.1, 0.15) is 123 Å². The number of halogens is 1. The third-order valence-corrected chi connectivity index (χ3v) is 6.98. The molecular weight excluding hydrogens is 374 g/mol. The summed E-state index contributed by atoms with van der Waals surface area (Å²) in [5.41, 5.74) is 1.39. The molecular formula is C27H48ClN. The molecule has 1 aromatic carbocycles. The standard InChI is InChI=1S/C27H48ClN/c1-4-5-6-7-8-9-10-11-12-13-14-15-16-20-23-26(27(2,3)29-28)24-25-21-18-17-19-22-25/h17-19,21-22,26,29H,4-16,20,23-24H2,1-3H3. The van der Waals surface area contributed by atoms with Crippen molar-refractivity contribution >= 4 is 11.8 Å². The van der Waals surface area contributed by atoms with Gasteiger partial charge in [0.1, 0.15) is 0 Å². The van der Waals surface area contributed by atoms with E-state index in [1.807, 2.05) is 0 Å². The number of hydrogen-bond acceptors (Lipinski definition) is 1. The van der Waals surface area contributed by atoms with Crippen molar-refractivity contribution in [2.75, 3.05) is 0 Å². The Balaban J connectivity index is 2.06. The molecule has 0 spiro atoms. The topological polar surface area (TPSA) is 12.0 Å². The zero-order chi connectivity index (χ0) is 21.2. The Labute approximate surface area is 187 Å². The van der Waals surface area contributed by atoms with E-state index in [0.29, 0.717) is 5.92 Å². The Morgan fingerprint density at radius 2 is 1.17 bits per heavy atom. The number of hydrogen-bond donors (Lipinski definition) is 1. The molecule has 2 heteroatoms. The van der Waals surface area contributed by atoms with Crippen molar-refractivity contribution in [3.63, 3.8) is 0 Å². The first-order chi connectivity index (χ1) is 14.1. The molecule has 0 saturated heterocycles. The minimum absolute atomic E-state index is 0.0338. The molecule has 1 unspecified atom stereocenters. The molecule has 0 aliphatic carbocycles. The Morgan fingerprint density at radius 3 is 1.62 bits per heavy atom. The summed E-state index contributed by atoms with van der Waals surface area (Å²) < 4.78 is 0. The molecule has 0 radical (unpaired) electrons. The predicted molar refractivity (Wildman–Crippen MR) is 132 cm³/mol. The van der Waals surface area contributed by atoms with E-state index in [-0.39, 0.29) is 5.54 Å². The maximum Gasteiger partial charge on any atom is 0.0306 e. The molecule has 1 aromatic rings. The Kier molecular flexibility index (Phi) is 15.7. The van der Waals surface area contributed by atoms with E-state index < -0.39 is 0 Å². The summed E-state index contributed by atoms with van der Waals surface area (Å²) in [6.07, 6.45) is 22.2. The van der Waals surface area contributed by atoms with Gasteiger partial charge in [0.2, 0.25) is 0 Å². The van der Waals surface area contributed by atoms with Gasteiger partial charge in [-0.3, -0.25) is 0 Å². The lowest BCUT2D eigenvalue weighted by Crippen LogP contribution is -2.42. The smallest absolute Gasteiger partial charge is 0.0306 e. The molecule has 1 N–H and O–H groups in total. The molecule has 0 aliphatic heterocycles. The molecule has 168 valence electrons. The lowest BCUT2D eigenvalue weighted by atomic mass is 9.80. The Bertz CT molecular complexity index is 471. The second kappa shape index (κ2) is 17.2. The summed E-state index contributed by atoms with van der Waals surface area (Å²) in [6, 6.07) is 10.8. The fourth-order valence-electron chi connectivity index (χ4n) is 4.28. The quantitative estimate of drug-likeness (QED) is 0.173. The van der Waals surface area contributed by atoms with Crippen LogP contribution in [0.4, 0.5) is 0 Å². The van der Waals surface area contributed by atoms with Crippen LogP contribution in [-0.2, 0) is 6.42 Å². The summed E-state index contributed by atoms with van der Waals surface area (Å²) in [6.45, 7) is 6.76. The number of rotatable bonds is 19. The van der Waals surface area contributed by atoms with E-state index in [0.717, 1.165) is 6.42 Å². The summed E-state index contributed by atoms with van der Waals surface area (Å²) in [5.74, 6) is 0.569. The summed E-state index contributed by atoms with van der Waals surface area (Å²) >= 11 is 6.07. The van der Waals surface area contributed by atoms with Gasteiger partial charge in [0, 0.05) is 5.54 Å². The molecule has 1 atom stereocenters. The van der Waals surface area contributed by atoms with E-state index in [2.05, 4.69) is 55.9 Å². The van der Waals surface area contributed by atoms with Gasteiger partial charge in [-0.2, -0.15) is 0 Å². The van der Waals surface area contributed by atoms with Crippen molar-refractivity contribution in [2.45, 2.75) is 129 Å². The zero-order valence-electron chi connectivity index (χ0n) is 19.7. The van der Waals surface area contributed by atoms with Crippen molar-refractivity contribution in [3.8, 4) is 0 Å². The summed E-state index contributed by atoms with van der Waals surface area (Å²) in [7, 11) is 0. The van der Waals surface area contributed by atoms with Gasteiger partial charge in [-0.25, -0.2) is 4.84 Å². The normalized spacial score (nSPS) is 13.0. The lowest BCUT2D eigenvalue weighted by molar-refractivity contribution is 0.269. The molecule has 0 heterocycles. The van der Waals surface area contributed by atoms with Crippen molar-refractivity contribution in [3.05, 3.63) is 35.9 Å². The van der Waals surface area contributed by atoms with Gasteiger partial charge in [0.15, 0.2) is 0 Å². The van der Waals surface area contributed by atoms with E-state index in [1.54, 1.807) is 0 Å². The monoisotopic (exact) mass is 421 g/mol. The van der Waals surface area contributed by atoms with Crippen molar-refractivity contribution in [1.82, 2.24) is 4.84 Å². The van der Waals surface area contributed by atoms with E-state index in [1.165, 1.54) is 102 Å². The van der Waals surface area contributed by atoms with Crippen LogP contribution >= 0.6 is 11.8 Å². The Morgan fingerprint density at radius 1 is 0.724 bits per heavy atom. The average Bonchev–Trinajstić information content (AvgIpc) is 2.73. The summed E-state index contributed by atoms with van der Waals surface area (Å²) in [5, 5.41) is 0. The molecule has 0 amide bonds. The molecule has 0 aromatic heterocycles. The molecule has 0 fully saturated rings. The number of unbranched alkanes of at least 4 members (excludes halogenated alkanes) is 13. The van der Waals surface area contributed by atoms with Gasteiger partial charge in [-0.1, -0.05) is 127 Å². The van der Waals surface area contributed by atoms with Gasteiger partial charge in [0.05, 0.1) is 0 Å². The van der Waals surface area contributed by atoms with Crippen LogP contribution < -0.4 is 4.84 Å². The van der Waals surface area contributed by atoms with E-state index in [9.17, 15) is 0 Å². The fourth-order valence-corrected chi connectivity index (χ4v) is 4.43. The van der Waals surface area contributed by atoms with Gasteiger partial charge >= 0.3 is 0 Å². The van der Waals surface area contributed by atoms with E-state index >= 15 is 0 Å². The van der Waals surface area contributed by atoms with Crippen LogP contribution in [0.25, 0.3) is 0 Å². The highest BCUT2D eigenvalue weighted by Gasteiger charge is 2.28. The fraction of sp³-hybridized carbons (Fsp3) is 0.778. The molecule has 0 bridgehead atoms. The maximum absolute atomic E-state index is 6.07. The van der Waals surface area contributed by atoms with Gasteiger partial charge in [-0.15, -0.1) is 0 Å². The minimum atomic E-state index is -0.0338. The predicted octanol–water partition coefficient (Wildman–Crippen LogP) is 9.24. The highest BCUT2D eigenvalue weighted by molar-refractivity contribution is 6.13. The summed E-state index contributed by atoms with van der Waals surface area (Å²) in [4.78, 5) is 3.03. The van der Waals surface area contributed by atoms with Crippen molar-refractivity contribution in [2.24, 2.45) is 5.92 Å². The molecule has 0 saturated carbocycles. The van der Waals surface area contributed by atoms with E-state index in [4.69, 9.17) is 11.8 Å². The third-order valence-electron chi connectivity index (χ3n) is 6.50. The molecule has 1 nitrogen and oxygen atoms in total.